The summed E-state index contributed by atoms with van der Waals surface area (Å²) in [6.45, 7) is 0.389. The Hall–Kier alpha value is -2.15. The Bertz CT molecular complexity index is 692. The van der Waals surface area contributed by atoms with Crippen molar-refractivity contribution < 1.29 is 13.6 Å². The van der Waals surface area contributed by atoms with Crippen LogP contribution in [0.4, 0.5) is 14.5 Å². The number of hydrogen-bond acceptors (Lipinski definition) is 4. The molecule has 0 atom stereocenters. The number of rotatable bonds is 6. The van der Waals surface area contributed by atoms with E-state index >= 15 is 0 Å². The number of aromatic nitrogens is 1. The maximum atomic E-state index is 12.6. The predicted octanol–water partition coefficient (Wildman–Crippen LogP) is 3.73. The molecule has 1 aromatic heterocycles. The molecule has 0 saturated heterocycles. The summed E-state index contributed by atoms with van der Waals surface area (Å²) in [4.78, 5) is 19.9. The average Bonchev–Trinajstić information content (AvgIpc) is 2.54. The Labute approximate surface area is 144 Å². The first-order valence-electron chi connectivity index (χ1n) is 7.30. The van der Waals surface area contributed by atoms with Gasteiger partial charge in [0, 0.05) is 39.6 Å². The van der Waals surface area contributed by atoms with E-state index in [1.807, 2.05) is 43.3 Å². The van der Waals surface area contributed by atoms with Gasteiger partial charge in [0.25, 0.3) is 11.7 Å². The summed E-state index contributed by atoms with van der Waals surface area (Å²) in [7, 11) is 5.55. The molecule has 4 nitrogen and oxygen atoms in total. The third kappa shape index (κ3) is 4.67. The van der Waals surface area contributed by atoms with Crippen LogP contribution in [-0.2, 0) is 6.54 Å². The number of amides is 1. The highest BCUT2D eigenvalue weighted by atomic mass is 32.2. The van der Waals surface area contributed by atoms with Crippen molar-refractivity contribution in [1.29, 1.82) is 0 Å². The van der Waals surface area contributed by atoms with Gasteiger partial charge in [-0.05, 0) is 41.6 Å². The number of thioether (sulfide) groups is 1. The van der Waals surface area contributed by atoms with E-state index in [0.717, 1.165) is 11.3 Å². The Balaban J connectivity index is 2.12. The van der Waals surface area contributed by atoms with Crippen LogP contribution >= 0.6 is 11.8 Å². The molecular formula is C17H19F2N3OS. The van der Waals surface area contributed by atoms with Crippen molar-refractivity contribution in [3.63, 3.8) is 0 Å². The fourth-order valence-electron chi connectivity index (χ4n) is 2.18. The maximum absolute atomic E-state index is 12.6. The van der Waals surface area contributed by atoms with Gasteiger partial charge < -0.3 is 9.80 Å². The van der Waals surface area contributed by atoms with E-state index in [4.69, 9.17) is 0 Å². The molecule has 1 heterocycles. The van der Waals surface area contributed by atoms with E-state index in [9.17, 15) is 13.6 Å². The van der Waals surface area contributed by atoms with Crippen molar-refractivity contribution >= 4 is 23.4 Å². The molecule has 7 heteroatoms. The van der Waals surface area contributed by atoms with Crippen molar-refractivity contribution in [2.24, 2.45) is 0 Å². The van der Waals surface area contributed by atoms with Crippen molar-refractivity contribution in [1.82, 2.24) is 9.88 Å². The standard InChI is InChI=1S/C17H19F2N3OS/c1-21(2)13-8-6-12(7-9-13)11-22(3)16(23)14-5-4-10-20-15(14)24-17(18)19/h4-10,17H,11H2,1-3H3. The minimum atomic E-state index is -2.62. The Morgan fingerprint density at radius 3 is 2.42 bits per heavy atom. The lowest BCUT2D eigenvalue weighted by Crippen LogP contribution is -2.27. The predicted molar refractivity (Wildman–Crippen MR) is 92.7 cm³/mol. The molecule has 0 fully saturated rings. The van der Waals surface area contributed by atoms with Crippen LogP contribution in [0.2, 0.25) is 0 Å². The van der Waals surface area contributed by atoms with Gasteiger partial charge in [-0.2, -0.15) is 8.78 Å². The smallest absolute Gasteiger partial charge is 0.290 e. The number of benzene rings is 1. The zero-order chi connectivity index (χ0) is 17.7. The first kappa shape index (κ1) is 18.2. The minimum absolute atomic E-state index is 0.0484. The average molecular weight is 351 g/mol. The SMILES string of the molecule is CN(Cc1ccc(N(C)C)cc1)C(=O)c1cccnc1SC(F)F. The lowest BCUT2D eigenvalue weighted by Gasteiger charge is -2.19. The number of carbonyl (C=O) groups is 1. The van der Waals surface area contributed by atoms with Gasteiger partial charge in [0.2, 0.25) is 0 Å². The Morgan fingerprint density at radius 1 is 1.17 bits per heavy atom. The van der Waals surface area contributed by atoms with E-state index in [2.05, 4.69) is 4.98 Å². The summed E-state index contributed by atoms with van der Waals surface area (Å²) >= 11 is 0.285. The van der Waals surface area contributed by atoms with Crippen molar-refractivity contribution in [2.45, 2.75) is 17.3 Å². The van der Waals surface area contributed by atoms with Crippen molar-refractivity contribution in [3.8, 4) is 0 Å². The largest absolute Gasteiger partial charge is 0.378 e. The monoisotopic (exact) mass is 351 g/mol. The number of pyridine rings is 1. The second kappa shape index (κ2) is 8.10. The summed E-state index contributed by atoms with van der Waals surface area (Å²) in [6.07, 6.45) is 1.40. The molecule has 1 amide bonds. The highest BCUT2D eigenvalue weighted by molar-refractivity contribution is 7.99. The first-order valence-corrected chi connectivity index (χ1v) is 8.18. The molecule has 2 aromatic rings. The summed E-state index contributed by atoms with van der Waals surface area (Å²) in [5.74, 6) is -2.95. The van der Waals surface area contributed by atoms with Gasteiger partial charge in [0.15, 0.2) is 0 Å². The van der Waals surface area contributed by atoms with E-state index < -0.39 is 5.76 Å². The second-order valence-corrected chi connectivity index (χ2v) is 6.44. The van der Waals surface area contributed by atoms with Gasteiger partial charge in [-0.25, -0.2) is 4.98 Å². The number of anilines is 1. The molecule has 24 heavy (non-hydrogen) atoms. The summed E-state index contributed by atoms with van der Waals surface area (Å²) in [6, 6.07) is 10.9. The van der Waals surface area contributed by atoms with E-state index in [1.54, 1.807) is 13.1 Å². The number of alkyl halides is 2. The third-order valence-electron chi connectivity index (χ3n) is 3.42. The molecule has 0 aliphatic rings. The van der Waals surface area contributed by atoms with Gasteiger partial charge in [0.05, 0.1) is 5.56 Å². The van der Waals surface area contributed by atoms with Crippen LogP contribution in [0.5, 0.6) is 0 Å². The van der Waals surface area contributed by atoms with Crippen LogP contribution in [0.3, 0.4) is 0 Å². The van der Waals surface area contributed by atoms with Gasteiger partial charge in [0.1, 0.15) is 5.03 Å². The van der Waals surface area contributed by atoms with E-state index in [-0.39, 0.29) is 28.3 Å². The summed E-state index contributed by atoms with van der Waals surface area (Å²) in [5.41, 5.74) is 2.22. The number of nitrogens with zero attached hydrogens (tertiary/aromatic N) is 3. The van der Waals surface area contributed by atoms with Crippen LogP contribution in [-0.4, -0.2) is 42.7 Å². The van der Waals surface area contributed by atoms with Crippen LogP contribution < -0.4 is 4.90 Å². The number of hydrogen-bond donors (Lipinski definition) is 0. The highest BCUT2D eigenvalue weighted by Gasteiger charge is 2.19. The van der Waals surface area contributed by atoms with E-state index in [0.29, 0.717) is 6.54 Å². The molecule has 0 radical (unpaired) electrons. The van der Waals surface area contributed by atoms with Gasteiger partial charge in [-0.15, -0.1) is 0 Å². The molecule has 0 aliphatic carbocycles. The lowest BCUT2D eigenvalue weighted by atomic mass is 10.1. The zero-order valence-electron chi connectivity index (χ0n) is 13.7. The number of carbonyl (C=O) groups excluding carboxylic acids is 1. The molecule has 0 aliphatic heterocycles. The highest BCUT2D eigenvalue weighted by Crippen LogP contribution is 2.27. The topological polar surface area (TPSA) is 36.4 Å². The Kier molecular flexibility index (Phi) is 6.14. The molecule has 2 rings (SSSR count). The Morgan fingerprint density at radius 2 is 1.83 bits per heavy atom. The van der Waals surface area contributed by atoms with Gasteiger partial charge in [-0.1, -0.05) is 12.1 Å². The van der Waals surface area contributed by atoms with Gasteiger partial charge >= 0.3 is 0 Å². The summed E-state index contributed by atoms with van der Waals surface area (Å²) < 4.78 is 25.2. The fourth-order valence-corrected chi connectivity index (χ4v) is 2.76. The normalized spacial score (nSPS) is 10.8. The van der Waals surface area contributed by atoms with Crippen molar-refractivity contribution in [3.05, 3.63) is 53.7 Å². The second-order valence-electron chi connectivity index (χ2n) is 5.46. The fraction of sp³-hybridized carbons (Fsp3) is 0.294. The molecule has 0 unspecified atom stereocenters. The van der Waals surface area contributed by atoms with Crippen LogP contribution in [0.15, 0.2) is 47.6 Å². The molecule has 0 N–H and O–H groups in total. The molecule has 0 saturated carbocycles. The quantitative estimate of drug-likeness (QED) is 0.743. The van der Waals surface area contributed by atoms with Crippen LogP contribution in [0.25, 0.3) is 0 Å². The van der Waals surface area contributed by atoms with Crippen LogP contribution in [0.1, 0.15) is 15.9 Å². The van der Waals surface area contributed by atoms with E-state index in [1.165, 1.54) is 17.2 Å². The third-order valence-corrected chi connectivity index (χ3v) is 4.15. The lowest BCUT2D eigenvalue weighted by molar-refractivity contribution is 0.0781. The first-order chi connectivity index (χ1) is 11.4. The molecular weight excluding hydrogens is 332 g/mol. The molecule has 1 aromatic carbocycles. The molecule has 0 spiro atoms. The molecule has 128 valence electrons. The maximum Gasteiger partial charge on any atom is 0.290 e. The van der Waals surface area contributed by atoms with Gasteiger partial charge in [-0.3, -0.25) is 4.79 Å². The van der Waals surface area contributed by atoms with Crippen molar-refractivity contribution in [2.75, 3.05) is 26.0 Å². The minimum Gasteiger partial charge on any atom is -0.378 e. The van der Waals surface area contributed by atoms with Crippen LogP contribution in [0, 0.1) is 0 Å². The summed E-state index contributed by atoms with van der Waals surface area (Å²) in [5, 5.41) is 0.0484. The number of halogens is 2. The zero-order valence-corrected chi connectivity index (χ0v) is 14.6. The molecule has 0 bridgehead atoms.